The number of nitrogens with zero attached hydrogens (tertiary/aromatic N) is 4. The highest BCUT2D eigenvalue weighted by Gasteiger charge is 2.26. The Morgan fingerprint density at radius 3 is 3.08 bits per heavy atom. The molecule has 3 aromatic rings. The van der Waals surface area contributed by atoms with Gasteiger partial charge >= 0.3 is 0 Å². The quantitative estimate of drug-likeness (QED) is 0.714. The van der Waals surface area contributed by atoms with Crippen LogP contribution in [0.2, 0.25) is 0 Å². The number of rotatable bonds is 5. The van der Waals surface area contributed by atoms with Gasteiger partial charge in [-0.25, -0.2) is 4.98 Å². The number of nitrogens with one attached hydrogen (secondary N) is 1. The van der Waals surface area contributed by atoms with Crippen LogP contribution >= 0.6 is 23.7 Å². The smallest absolute Gasteiger partial charge is 0.261 e. The van der Waals surface area contributed by atoms with Crippen molar-refractivity contribution in [1.29, 1.82) is 0 Å². The van der Waals surface area contributed by atoms with Gasteiger partial charge in [-0.2, -0.15) is 4.98 Å². The molecule has 1 aromatic carbocycles. The van der Waals surface area contributed by atoms with Crippen molar-refractivity contribution in [2.75, 3.05) is 26.7 Å². The van der Waals surface area contributed by atoms with Gasteiger partial charge in [-0.15, -0.1) is 23.7 Å². The lowest BCUT2D eigenvalue weighted by molar-refractivity contribution is 0.190. The van der Waals surface area contributed by atoms with E-state index in [0.717, 1.165) is 30.9 Å². The highest BCUT2D eigenvalue weighted by atomic mass is 35.5. The molecule has 1 aliphatic heterocycles. The van der Waals surface area contributed by atoms with Crippen LogP contribution in [0, 0.1) is 0 Å². The van der Waals surface area contributed by atoms with Crippen LogP contribution in [0.15, 0.2) is 39.7 Å². The molecule has 0 aliphatic carbocycles. The molecule has 2 aromatic heterocycles. The summed E-state index contributed by atoms with van der Waals surface area (Å²) in [5.41, 5.74) is 3.49. The first-order valence-corrected chi connectivity index (χ1v) is 9.09. The standard InChI is InChI=1S/C17H19N5O2S.ClH/c1-22-7-6-18-8-14(22)16-20-17(24-21-16)13-4-2-3-5-15(13)23-9-12-10-25-11-19-12;/h2-5,10-11,14,18H,6-9H2,1H3;1H. The Morgan fingerprint density at radius 2 is 2.27 bits per heavy atom. The maximum absolute atomic E-state index is 5.91. The molecular formula is C17H20ClN5O2S. The van der Waals surface area contributed by atoms with Gasteiger partial charge in [0.25, 0.3) is 5.89 Å². The first-order chi connectivity index (χ1) is 12.3. The summed E-state index contributed by atoms with van der Waals surface area (Å²) in [6.45, 7) is 3.17. The van der Waals surface area contributed by atoms with E-state index in [4.69, 9.17) is 9.26 Å². The second-order valence-electron chi connectivity index (χ2n) is 5.92. The van der Waals surface area contributed by atoms with Gasteiger partial charge in [-0.05, 0) is 19.2 Å². The Kier molecular flexibility index (Phi) is 6.20. The Bertz CT molecular complexity index is 826. The van der Waals surface area contributed by atoms with E-state index in [-0.39, 0.29) is 18.4 Å². The zero-order valence-corrected chi connectivity index (χ0v) is 15.9. The van der Waals surface area contributed by atoms with Crippen molar-refractivity contribution in [2.24, 2.45) is 0 Å². The number of aromatic nitrogens is 3. The van der Waals surface area contributed by atoms with Crippen LogP contribution in [0.25, 0.3) is 11.5 Å². The highest BCUT2D eigenvalue weighted by Crippen LogP contribution is 2.30. The number of hydrogen-bond acceptors (Lipinski definition) is 8. The summed E-state index contributed by atoms with van der Waals surface area (Å²) >= 11 is 1.55. The number of likely N-dealkylation sites (N-methyl/N-ethyl adjacent to an activating group) is 1. The fraction of sp³-hybridized carbons (Fsp3) is 0.353. The molecule has 0 amide bonds. The number of benzene rings is 1. The first kappa shape index (κ1) is 18.8. The minimum absolute atomic E-state index is 0. The van der Waals surface area contributed by atoms with Crippen molar-refractivity contribution in [1.82, 2.24) is 25.3 Å². The molecule has 1 aliphatic rings. The fourth-order valence-electron chi connectivity index (χ4n) is 2.80. The maximum Gasteiger partial charge on any atom is 0.261 e. The SMILES string of the molecule is CN1CCNCC1c1noc(-c2ccccc2OCc2cscn2)n1.Cl. The topological polar surface area (TPSA) is 76.3 Å². The molecule has 7 nitrogen and oxygen atoms in total. The van der Waals surface area contributed by atoms with Gasteiger partial charge in [-0.3, -0.25) is 4.90 Å². The summed E-state index contributed by atoms with van der Waals surface area (Å²) in [4.78, 5) is 11.1. The normalized spacial score (nSPS) is 17.7. The van der Waals surface area contributed by atoms with E-state index < -0.39 is 0 Å². The Hall–Kier alpha value is -2.00. The average molecular weight is 394 g/mol. The molecule has 26 heavy (non-hydrogen) atoms. The molecule has 3 heterocycles. The second-order valence-corrected chi connectivity index (χ2v) is 6.64. The van der Waals surface area contributed by atoms with E-state index in [1.807, 2.05) is 29.6 Å². The van der Waals surface area contributed by atoms with Gasteiger partial charge in [-0.1, -0.05) is 17.3 Å². The molecular weight excluding hydrogens is 374 g/mol. The van der Waals surface area contributed by atoms with Crippen LogP contribution in [-0.4, -0.2) is 46.7 Å². The molecule has 4 rings (SSSR count). The van der Waals surface area contributed by atoms with Crippen LogP contribution in [0.1, 0.15) is 17.6 Å². The van der Waals surface area contributed by atoms with Crippen molar-refractivity contribution in [3.8, 4) is 17.2 Å². The van der Waals surface area contributed by atoms with Crippen LogP contribution < -0.4 is 10.1 Å². The lowest BCUT2D eigenvalue weighted by atomic mass is 10.2. The minimum atomic E-state index is 0. The van der Waals surface area contributed by atoms with E-state index in [9.17, 15) is 0 Å². The van der Waals surface area contributed by atoms with Gasteiger partial charge in [0.15, 0.2) is 5.82 Å². The largest absolute Gasteiger partial charge is 0.486 e. The Balaban J connectivity index is 0.00000196. The maximum atomic E-state index is 5.91. The van der Waals surface area contributed by atoms with E-state index in [1.165, 1.54) is 0 Å². The van der Waals surface area contributed by atoms with Gasteiger partial charge in [0.1, 0.15) is 12.4 Å². The summed E-state index contributed by atoms with van der Waals surface area (Å²) in [6.07, 6.45) is 0. The van der Waals surface area contributed by atoms with Crippen LogP contribution in [0.5, 0.6) is 5.75 Å². The molecule has 0 saturated carbocycles. The van der Waals surface area contributed by atoms with Crippen molar-refractivity contribution in [2.45, 2.75) is 12.6 Å². The van der Waals surface area contributed by atoms with E-state index >= 15 is 0 Å². The molecule has 0 radical (unpaired) electrons. The van der Waals surface area contributed by atoms with Crippen LogP contribution in [0.4, 0.5) is 0 Å². The molecule has 1 fully saturated rings. The third kappa shape index (κ3) is 4.04. The predicted octanol–water partition coefficient (Wildman–Crippen LogP) is 2.77. The van der Waals surface area contributed by atoms with Crippen LogP contribution in [-0.2, 0) is 6.61 Å². The number of halogens is 1. The summed E-state index contributed by atoms with van der Waals surface area (Å²) in [6, 6.07) is 7.81. The summed E-state index contributed by atoms with van der Waals surface area (Å²) in [5.74, 6) is 1.88. The first-order valence-electron chi connectivity index (χ1n) is 8.15. The molecule has 0 spiro atoms. The second kappa shape index (κ2) is 8.59. The van der Waals surface area contributed by atoms with Crippen molar-refractivity contribution < 1.29 is 9.26 Å². The number of hydrogen-bond donors (Lipinski definition) is 1. The van der Waals surface area contributed by atoms with E-state index in [2.05, 4.69) is 32.4 Å². The summed E-state index contributed by atoms with van der Waals surface area (Å²) in [7, 11) is 2.08. The highest BCUT2D eigenvalue weighted by molar-refractivity contribution is 7.07. The molecule has 1 N–H and O–H groups in total. The van der Waals surface area contributed by atoms with Gasteiger partial charge in [0.05, 0.1) is 22.8 Å². The lowest BCUT2D eigenvalue weighted by Gasteiger charge is -2.30. The summed E-state index contributed by atoms with van der Waals surface area (Å²) < 4.78 is 11.4. The Morgan fingerprint density at radius 1 is 1.38 bits per heavy atom. The minimum Gasteiger partial charge on any atom is -0.486 e. The van der Waals surface area contributed by atoms with Gasteiger partial charge < -0.3 is 14.6 Å². The van der Waals surface area contributed by atoms with Crippen molar-refractivity contribution in [3.05, 3.63) is 46.7 Å². The zero-order valence-electron chi connectivity index (χ0n) is 14.3. The Labute approximate surface area is 161 Å². The third-order valence-electron chi connectivity index (χ3n) is 4.23. The zero-order chi connectivity index (χ0) is 17.1. The van der Waals surface area contributed by atoms with Crippen LogP contribution in [0.3, 0.4) is 0 Å². The number of piperazine rings is 1. The molecule has 9 heteroatoms. The molecule has 138 valence electrons. The van der Waals surface area contributed by atoms with E-state index in [0.29, 0.717) is 24.1 Å². The molecule has 1 unspecified atom stereocenters. The molecule has 1 saturated heterocycles. The predicted molar refractivity (Wildman–Crippen MR) is 102 cm³/mol. The lowest BCUT2D eigenvalue weighted by Crippen LogP contribution is -2.44. The number of thiazole rings is 1. The summed E-state index contributed by atoms with van der Waals surface area (Å²) in [5, 5.41) is 9.52. The number of ether oxygens (including phenoxy) is 1. The van der Waals surface area contributed by atoms with Gasteiger partial charge in [0.2, 0.25) is 0 Å². The average Bonchev–Trinajstić information content (AvgIpc) is 3.33. The molecule has 0 bridgehead atoms. The van der Waals surface area contributed by atoms with Gasteiger partial charge in [0, 0.05) is 25.0 Å². The van der Waals surface area contributed by atoms with Crippen molar-refractivity contribution in [3.63, 3.8) is 0 Å². The number of para-hydroxylation sites is 1. The third-order valence-corrected chi connectivity index (χ3v) is 4.86. The van der Waals surface area contributed by atoms with Crippen molar-refractivity contribution >= 4 is 23.7 Å². The molecule has 1 atom stereocenters. The monoisotopic (exact) mass is 393 g/mol. The fourth-order valence-corrected chi connectivity index (χ4v) is 3.35. The van der Waals surface area contributed by atoms with E-state index in [1.54, 1.807) is 16.8 Å².